The predicted octanol–water partition coefficient (Wildman–Crippen LogP) is 3.74. The van der Waals surface area contributed by atoms with Gasteiger partial charge >= 0.3 is 5.97 Å². The van der Waals surface area contributed by atoms with Crippen LogP contribution in [0.1, 0.15) is 50.7 Å². The van der Waals surface area contributed by atoms with Crippen LogP contribution in [0.3, 0.4) is 0 Å². The molecule has 8 heteroatoms. The maximum Gasteiger partial charge on any atom is 0.325 e. The lowest BCUT2D eigenvalue weighted by atomic mass is 10.1. The van der Waals surface area contributed by atoms with E-state index in [0.29, 0.717) is 17.7 Å². The number of nitrogen functional groups attached to an aromatic ring is 1. The average molecular weight is 480 g/mol. The van der Waals surface area contributed by atoms with Crippen molar-refractivity contribution in [2.45, 2.75) is 52.1 Å². The van der Waals surface area contributed by atoms with E-state index in [9.17, 15) is 9.59 Å². The van der Waals surface area contributed by atoms with Gasteiger partial charge in [0.15, 0.2) is 0 Å². The molecule has 1 heterocycles. The third-order valence-electron chi connectivity index (χ3n) is 6.26. The van der Waals surface area contributed by atoms with Gasteiger partial charge < -0.3 is 20.7 Å². The third kappa shape index (κ3) is 7.55. The van der Waals surface area contributed by atoms with Crippen LogP contribution in [0.2, 0.25) is 0 Å². The number of hydrogen-bond acceptors (Lipinski definition) is 6. The Bertz CT molecular complexity index is 985. The molecule has 1 amide bonds. The van der Waals surface area contributed by atoms with Crippen LogP contribution in [0.25, 0.3) is 0 Å². The van der Waals surface area contributed by atoms with E-state index in [1.807, 2.05) is 19.1 Å². The van der Waals surface area contributed by atoms with Crippen molar-refractivity contribution in [3.05, 3.63) is 59.7 Å². The summed E-state index contributed by atoms with van der Waals surface area (Å²) in [5.41, 5.74) is 8.78. The van der Waals surface area contributed by atoms with Gasteiger partial charge in [-0.2, -0.15) is 0 Å². The summed E-state index contributed by atoms with van der Waals surface area (Å²) in [4.78, 5) is 29.9. The summed E-state index contributed by atoms with van der Waals surface area (Å²) in [6.45, 7) is 7.07. The molecule has 1 aliphatic heterocycles. The maximum absolute atomic E-state index is 13.3. The number of nitrogens with one attached hydrogen (secondary N) is 2. The Hall–Kier alpha value is -3.39. The number of rotatable bonds is 11. The van der Waals surface area contributed by atoms with E-state index >= 15 is 0 Å². The first-order valence-corrected chi connectivity index (χ1v) is 12.4. The highest BCUT2D eigenvalue weighted by atomic mass is 16.5. The highest BCUT2D eigenvalue weighted by Crippen LogP contribution is 2.22. The number of carbonyl (C=O) groups excluding carboxylic acids is 2. The zero-order valence-electron chi connectivity index (χ0n) is 20.8. The molecule has 0 aromatic heterocycles. The number of anilines is 2. The Morgan fingerprint density at radius 3 is 2.29 bits per heavy atom. The van der Waals surface area contributed by atoms with Crippen molar-refractivity contribution in [2.75, 3.05) is 36.5 Å². The molecule has 4 N–H and O–H groups in total. The summed E-state index contributed by atoms with van der Waals surface area (Å²) in [5.74, 6) is -0.644. The maximum atomic E-state index is 13.3. The number of carbonyl (C=O) groups is 2. The normalized spacial score (nSPS) is 14.7. The molecule has 0 spiro atoms. The van der Waals surface area contributed by atoms with E-state index in [1.54, 1.807) is 36.1 Å². The number of nitrogens with two attached hydrogens (primary N) is 1. The summed E-state index contributed by atoms with van der Waals surface area (Å²) < 4.78 is 5.15. The van der Waals surface area contributed by atoms with Gasteiger partial charge in [0.05, 0.1) is 6.61 Å². The van der Waals surface area contributed by atoms with Gasteiger partial charge in [0, 0.05) is 23.5 Å². The van der Waals surface area contributed by atoms with Crippen molar-refractivity contribution in [1.29, 1.82) is 5.41 Å². The van der Waals surface area contributed by atoms with Crippen LogP contribution < -0.4 is 16.0 Å². The lowest BCUT2D eigenvalue weighted by Gasteiger charge is -2.31. The lowest BCUT2D eigenvalue weighted by molar-refractivity contribution is -0.141. The molecule has 3 rings (SSSR count). The van der Waals surface area contributed by atoms with Gasteiger partial charge in [-0.05, 0) is 81.2 Å². The van der Waals surface area contributed by atoms with Crippen LogP contribution in [-0.4, -0.2) is 54.9 Å². The Morgan fingerprint density at radius 1 is 1.06 bits per heavy atom. The molecule has 2 aromatic carbocycles. The lowest BCUT2D eigenvalue weighted by Crippen LogP contribution is -2.46. The number of esters is 1. The van der Waals surface area contributed by atoms with Crippen molar-refractivity contribution in [1.82, 2.24) is 4.90 Å². The second-order valence-corrected chi connectivity index (χ2v) is 8.84. The monoisotopic (exact) mass is 479 g/mol. The number of piperidine rings is 1. The number of likely N-dealkylation sites (tertiary alicyclic amines) is 1. The topological polar surface area (TPSA) is 112 Å². The molecule has 1 fully saturated rings. The summed E-state index contributed by atoms with van der Waals surface area (Å²) in [6.07, 6.45) is 4.32. The van der Waals surface area contributed by atoms with Crippen molar-refractivity contribution in [3.8, 4) is 0 Å². The number of ether oxygens (including phenoxy) is 1. The van der Waals surface area contributed by atoms with Crippen LogP contribution in [0.4, 0.5) is 11.4 Å². The van der Waals surface area contributed by atoms with E-state index in [4.69, 9.17) is 15.9 Å². The smallest absolute Gasteiger partial charge is 0.325 e. The van der Waals surface area contributed by atoms with E-state index in [2.05, 4.69) is 22.3 Å². The SMILES string of the molecule is CCOC(=O)CN(c1ccc(C(=N)N)cc1)C(CC)C(=O)Nc1ccc(CN2CCCCC2)cc1. The first-order chi connectivity index (χ1) is 16.9. The molecule has 0 radical (unpaired) electrons. The first-order valence-electron chi connectivity index (χ1n) is 12.4. The molecule has 0 aliphatic carbocycles. The molecule has 0 bridgehead atoms. The highest BCUT2D eigenvalue weighted by molar-refractivity contribution is 5.98. The van der Waals surface area contributed by atoms with Crippen molar-refractivity contribution < 1.29 is 14.3 Å². The number of amidine groups is 1. The summed E-state index contributed by atoms with van der Waals surface area (Å²) in [5, 5.41) is 10.6. The Labute approximate surface area is 207 Å². The van der Waals surface area contributed by atoms with Gasteiger partial charge in [0.25, 0.3) is 0 Å². The number of benzene rings is 2. The van der Waals surface area contributed by atoms with Gasteiger partial charge in [0.1, 0.15) is 18.4 Å². The number of hydrogen-bond donors (Lipinski definition) is 3. The molecule has 1 aliphatic rings. The van der Waals surface area contributed by atoms with Gasteiger partial charge in [-0.25, -0.2) is 0 Å². The Balaban J connectivity index is 1.72. The van der Waals surface area contributed by atoms with Gasteiger partial charge in [0.2, 0.25) is 5.91 Å². The minimum absolute atomic E-state index is 0.0398. The highest BCUT2D eigenvalue weighted by Gasteiger charge is 2.27. The van der Waals surface area contributed by atoms with Crippen LogP contribution in [0.15, 0.2) is 48.5 Å². The fraction of sp³-hybridized carbons (Fsp3) is 0.444. The Kier molecular flexibility index (Phi) is 9.66. The van der Waals surface area contributed by atoms with Crippen molar-refractivity contribution >= 4 is 29.1 Å². The third-order valence-corrected chi connectivity index (χ3v) is 6.26. The summed E-state index contributed by atoms with van der Waals surface area (Å²) in [6, 6.07) is 14.3. The van der Waals surface area contributed by atoms with Crippen LogP contribution in [-0.2, 0) is 20.9 Å². The predicted molar refractivity (Wildman–Crippen MR) is 140 cm³/mol. The van der Waals surface area contributed by atoms with Gasteiger partial charge in [-0.1, -0.05) is 25.5 Å². The summed E-state index contributed by atoms with van der Waals surface area (Å²) in [7, 11) is 0. The van der Waals surface area contributed by atoms with E-state index in [0.717, 1.165) is 25.3 Å². The molecular formula is C27H37N5O3. The fourth-order valence-corrected chi connectivity index (χ4v) is 4.40. The van der Waals surface area contributed by atoms with Crippen molar-refractivity contribution in [2.24, 2.45) is 5.73 Å². The quantitative estimate of drug-likeness (QED) is 0.257. The average Bonchev–Trinajstić information content (AvgIpc) is 2.86. The molecule has 188 valence electrons. The largest absolute Gasteiger partial charge is 0.465 e. The van der Waals surface area contributed by atoms with E-state index < -0.39 is 12.0 Å². The van der Waals surface area contributed by atoms with E-state index in [1.165, 1.54) is 24.8 Å². The summed E-state index contributed by atoms with van der Waals surface area (Å²) >= 11 is 0. The second-order valence-electron chi connectivity index (χ2n) is 8.84. The molecule has 1 atom stereocenters. The molecule has 0 saturated carbocycles. The standard InChI is InChI=1S/C27H37N5O3/c1-3-24(32(19-25(33)35-4-2)23-14-10-21(11-15-23)26(28)29)27(34)30-22-12-8-20(9-13-22)18-31-16-6-5-7-17-31/h8-15,24H,3-7,16-19H2,1-2H3,(H3,28,29)(H,30,34). The molecule has 8 nitrogen and oxygen atoms in total. The fourth-order valence-electron chi connectivity index (χ4n) is 4.40. The first kappa shape index (κ1) is 26.2. The minimum atomic E-state index is -0.587. The molecule has 35 heavy (non-hydrogen) atoms. The number of amides is 1. The van der Waals surface area contributed by atoms with Gasteiger partial charge in [-0.3, -0.25) is 19.9 Å². The van der Waals surface area contributed by atoms with Gasteiger partial charge in [-0.15, -0.1) is 0 Å². The molecular weight excluding hydrogens is 442 g/mol. The Morgan fingerprint density at radius 2 is 1.71 bits per heavy atom. The molecule has 2 aromatic rings. The van der Waals surface area contributed by atoms with E-state index in [-0.39, 0.29) is 24.9 Å². The second kappa shape index (κ2) is 12.9. The molecule has 1 saturated heterocycles. The zero-order valence-corrected chi connectivity index (χ0v) is 20.8. The minimum Gasteiger partial charge on any atom is -0.465 e. The van der Waals surface area contributed by atoms with Crippen LogP contribution >= 0.6 is 0 Å². The molecule has 1 unspecified atom stereocenters. The van der Waals surface area contributed by atoms with Crippen LogP contribution in [0, 0.1) is 5.41 Å². The zero-order chi connectivity index (χ0) is 25.2. The van der Waals surface area contributed by atoms with Crippen molar-refractivity contribution in [3.63, 3.8) is 0 Å². The van der Waals surface area contributed by atoms with Crippen LogP contribution in [0.5, 0.6) is 0 Å². The number of nitrogens with zero attached hydrogens (tertiary/aromatic N) is 2.